The number of hydrogen-bond acceptors (Lipinski definition) is 6. The van der Waals surface area contributed by atoms with Crippen LogP contribution in [0.25, 0.3) is 44.5 Å². The molecule has 11 nitrogen and oxygen atoms in total. The van der Waals surface area contributed by atoms with Gasteiger partial charge in [0.15, 0.2) is 0 Å². The number of likely N-dealkylation sites (tertiary alicyclic amines) is 2. The number of benzene rings is 4. The van der Waals surface area contributed by atoms with Crippen LogP contribution < -0.4 is 5.32 Å². The molecule has 4 fully saturated rings. The lowest BCUT2D eigenvalue weighted by atomic mass is 9.95. The number of H-pyrrole nitrogens is 2. The Morgan fingerprint density at radius 1 is 0.875 bits per heavy atom. The summed E-state index contributed by atoms with van der Waals surface area (Å²) in [5, 5.41) is 2.74. The molecule has 1 spiro atoms. The molecule has 11 rings (SSSR count). The molecule has 2 aromatic heterocycles. The van der Waals surface area contributed by atoms with Crippen molar-refractivity contribution in [1.29, 1.82) is 0 Å². The van der Waals surface area contributed by atoms with Crippen LogP contribution in [-0.4, -0.2) is 68.6 Å². The van der Waals surface area contributed by atoms with Crippen LogP contribution in [0.5, 0.6) is 0 Å². The first-order valence-corrected chi connectivity index (χ1v) is 22.4. The maximum absolute atomic E-state index is 16.7. The number of ether oxygens (including phenoxy) is 2. The van der Waals surface area contributed by atoms with E-state index in [1.165, 1.54) is 7.11 Å². The lowest BCUT2D eigenvalue weighted by Crippen LogP contribution is -2.54. The number of hydrogen-bond donors (Lipinski definition) is 3. The third kappa shape index (κ3) is 6.73. The molecule has 64 heavy (non-hydrogen) atoms. The second-order valence-electron chi connectivity index (χ2n) is 18.9. The number of alkyl halides is 2. The highest BCUT2D eigenvalue weighted by Gasteiger charge is 2.55. The van der Waals surface area contributed by atoms with Crippen molar-refractivity contribution in [3.8, 4) is 33.5 Å². The van der Waals surface area contributed by atoms with E-state index in [0.29, 0.717) is 40.3 Å². The first-order valence-electron chi connectivity index (χ1n) is 22.4. The molecule has 0 radical (unpaired) electrons. The number of carbonyl (C=O) groups excluding carboxylic acids is 3. The van der Waals surface area contributed by atoms with E-state index >= 15 is 8.78 Å². The number of halogens is 2. The summed E-state index contributed by atoms with van der Waals surface area (Å²) in [5.74, 6) is -2.63. The number of carbonyl (C=O) groups is 3. The van der Waals surface area contributed by atoms with E-state index in [0.717, 1.165) is 66.4 Å². The molecule has 5 unspecified atom stereocenters. The molecule has 3 amide bonds. The van der Waals surface area contributed by atoms with E-state index in [4.69, 9.17) is 14.5 Å². The topological polar surface area (TPSA) is 133 Å². The summed E-state index contributed by atoms with van der Waals surface area (Å²) >= 11 is 0. The quantitative estimate of drug-likeness (QED) is 0.133. The van der Waals surface area contributed by atoms with Gasteiger partial charge in [0, 0.05) is 35.1 Å². The van der Waals surface area contributed by atoms with Crippen LogP contribution in [-0.2, 0) is 26.8 Å². The second kappa shape index (κ2) is 15.1. The smallest absolute Gasteiger partial charge is 0.410 e. The zero-order valence-electron chi connectivity index (χ0n) is 36.0. The van der Waals surface area contributed by atoms with Crippen molar-refractivity contribution in [2.45, 2.75) is 89.1 Å². The van der Waals surface area contributed by atoms with Crippen molar-refractivity contribution in [1.82, 2.24) is 30.1 Å². The summed E-state index contributed by atoms with van der Waals surface area (Å²) < 4.78 is 43.9. The van der Waals surface area contributed by atoms with Crippen LogP contribution >= 0.6 is 0 Å². The number of imidazole rings is 1. The summed E-state index contributed by atoms with van der Waals surface area (Å²) in [4.78, 5) is 55.4. The third-order valence-corrected chi connectivity index (χ3v) is 14.6. The lowest BCUT2D eigenvalue weighted by molar-refractivity contribution is -0.139. The summed E-state index contributed by atoms with van der Waals surface area (Å²) in [6.45, 7) is 4.64. The van der Waals surface area contributed by atoms with Crippen LogP contribution in [0, 0.1) is 17.3 Å². The van der Waals surface area contributed by atoms with E-state index in [2.05, 4.69) is 15.3 Å². The first-order chi connectivity index (χ1) is 30.9. The fourth-order valence-corrected chi connectivity index (χ4v) is 11.1. The van der Waals surface area contributed by atoms with E-state index in [1.54, 1.807) is 24.3 Å². The number of amides is 3. The number of piperidine rings is 1. The van der Waals surface area contributed by atoms with Gasteiger partial charge in [-0.2, -0.15) is 8.78 Å². The average molecular weight is 865 g/mol. The highest BCUT2D eigenvalue weighted by atomic mass is 19.3. The Labute approximate surface area is 369 Å². The Morgan fingerprint density at radius 3 is 2.33 bits per heavy atom. The molecule has 4 heterocycles. The summed E-state index contributed by atoms with van der Waals surface area (Å²) in [7, 11) is 1.28. The van der Waals surface area contributed by atoms with Crippen molar-refractivity contribution >= 4 is 29.1 Å². The summed E-state index contributed by atoms with van der Waals surface area (Å²) in [6, 6.07) is 28.6. The van der Waals surface area contributed by atoms with Crippen LogP contribution in [0.2, 0.25) is 0 Å². The fraction of sp³-hybridized carbons (Fsp3) is 0.373. The minimum atomic E-state index is -3.24. The maximum Gasteiger partial charge on any atom is 0.410 e. The number of aromatic nitrogens is 3. The number of fused-ring (bicyclic) bond motifs is 6. The Hall–Kier alpha value is -6.50. The lowest BCUT2D eigenvalue weighted by Gasteiger charge is -2.37. The number of nitrogens with zero attached hydrogens (tertiary/aromatic N) is 3. The van der Waals surface area contributed by atoms with Crippen molar-refractivity contribution in [3.05, 3.63) is 125 Å². The van der Waals surface area contributed by atoms with E-state index < -0.39 is 18.1 Å². The molecule has 6 aromatic rings. The maximum atomic E-state index is 16.7. The van der Waals surface area contributed by atoms with Gasteiger partial charge in [-0.05, 0) is 126 Å². The van der Waals surface area contributed by atoms with Crippen molar-refractivity contribution in [2.24, 2.45) is 17.3 Å². The van der Waals surface area contributed by atoms with Crippen LogP contribution in [0.1, 0.15) is 92.7 Å². The molecule has 2 saturated carbocycles. The summed E-state index contributed by atoms with van der Waals surface area (Å²) in [6.07, 6.45) is 4.73. The van der Waals surface area contributed by atoms with Gasteiger partial charge >= 0.3 is 12.2 Å². The molecule has 5 atom stereocenters. The van der Waals surface area contributed by atoms with E-state index in [9.17, 15) is 14.4 Å². The molecular weight excluding hydrogens is 815 g/mol. The van der Waals surface area contributed by atoms with Crippen LogP contribution in [0.15, 0.2) is 97.1 Å². The molecule has 2 bridgehead atoms. The number of rotatable bonds is 9. The largest absolute Gasteiger partial charge is 0.453 e. The van der Waals surface area contributed by atoms with Gasteiger partial charge in [-0.15, -0.1) is 0 Å². The molecule has 2 aliphatic heterocycles. The van der Waals surface area contributed by atoms with Gasteiger partial charge in [-0.25, -0.2) is 14.6 Å². The van der Waals surface area contributed by atoms with Gasteiger partial charge in [-0.3, -0.25) is 9.69 Å². The average Bonchev–Trinajstić information content (AvgIpc) is 3.96. The second-order valence-corrected chi connectivity index (χ2v) is 18.9. The third-order valence-electron chi connectivity index (χ3n) is 14.6. The number of alkyl carbamates (subject to hydrolysis) is 1. The number of nitrogens with one attached hydrogen (secondary N) is 3. The van der Waals surface area contributed by atoms with Gasteiger partial charge in [0.25, 0.3) is 5.92 Å². The van der Waals surface area contributed by atoms with Gasteiger partial charge in [-0.1, -0.05) is 74.5 Å². The molecule has 2 saturated heterocycles. The highest BCUT2D eigenvalue weighted by molar-refractivity contribution is 5.89. The zero-order valence-corrected chi connectivity index (χ0v) is 36.0. The van der Waals surface area contributed by atoms with Crippen LogP contribution in [0.3, 0.4) is 0 Å². The zero-order chi connectivity index (χ0) is 44.1. The van der Waals surface area contributed by atoms with Gasteiger partial charge < -0.3 is 29.7 Å². The van der Waals surface area contributed by atoms with Gasteiger partial charge in [0.05, 0.1) is 30.2 Å². The van der Waals surface area contributed by atoms with Crippen LogP contribution in [0.4, 0.5) is 18.4 Å². The molecule has 3 N–H and O–H groups in total. The standard InChI is InChI=1S/C51H50F2N6O5/c1-28(2)44(57-48(61)63-3)47(60)59-34-13-9-33(21-34)45(59)46-55-40-16-12-31(24-42(40)56-46)30-10-14-35-36-15-11-32(23-38(36)51(52,53)37(35)22-30)39-17-18-41(54-39)43-25-50(19-20-50)27-58(43)49(62)64-26-29-7-5-4-6-8-29/h4-8,10-12,14-18,22-24,28,33-34,43-45,54H,9,13,19-21,25-27H2,1-3H3,(H,55,56)(H,57,61). The molecule has 3 aliphatic carbocycles. The van der Waals surface area contributed by atoms with Crippen molar-refractivity contribution in [3.63, 3.8) is 0 Å². The Kier molecular flexibility index (Phi) is 9.48. The van der Waals surface area contributed by atoms with E-state index in [1.807, 2.05) is 96.4 Å². The minimum absolute atomic E-state index is 0.0441. The molecule has 4 aromatic carbocycles. The fourth-order valence-electron chi connectivity index (χ4n) is 11.1. The van der Waals surface area contributed by atoms with Gasteiger partial charge in [0.2, 0.25) is 5.91 Å². The first kappa shape index (κ1) is 40.3. The summed E-state index contributed by atoms with van der Waals surface area (Å²) in [5.41, 5.74) is 7.05. The SMILES string of the molecule is COC(=O)NC(C(=O)N1C2CCC(C2)C1c1nc2ccc(-c3ccc4c(c3)C(F)(F)c3cc(-c5ccc(C6CC7(CC7)CN6C(=O)OCc6ccccc6)[nH]5)ccc3-4)cc2[nH]1)C(C)C. The number of methoxy groups -OCH3 is 1. The van der Waals surface area contributed by atoms with Crippen molar-refractivity contribution in [2.75, 3.05) is 13.7 Å². The number of aromatic amines is 2. The molecule has 5 aliphatic rings. The monoisotopic (exact) mass is 864 g/mol. The Balaban J connectivity index is 0.832. The minimum Gasteiger partial charge on any atom is -0.453 e. The molecule has 13 heteroatoms. The molecule has 328 valence electrons. The Bertz CT molecular complexity index is 2830. The predicted molar refractivity (Wildman–Crippen MR) is 237 cm³/mol. The normalized spacial score (nSPS) is 22.5. The highest BCUT2D eigenvalue weighted by Crippen LogP contribution is 2.59. The molecular formula is C51H50F2N6O5. The van der Waals surface area contributed by atoms with E-state index in [-0.39, 0.29) is 65.1 Å². The predicted octanol–water partition coefficient (Wildman–Crippen LogP) is 10.6. The van der Waals surface area contributed by atoms with Crippen molar-refractivity contribution < 1.29 is 32.6 Å². The van der Waals surface area contributed by atoms with Gasteiger partial charge in [0.1, 0.15) is 18.5 Å². The Morgan fingerprint density at radius 2 is 1.59 bits per heavy atom.